The Balaban J connectivity index is 2.25. The van der Waals surface area contributed by atoms with E-state index in [-0.39, 0.29) is 5.57 Å². The number of nitrogens with one attached hydrogen (secondary N) is 1. The number of carbonyl (C=O) groups excluding carboxylic acids is 1. The first-order valence-electron chi connectivity index (χ1n) is 8.40. The summed E-state index contributed by atoms with van der Waals surface area (Å²) in [5.74, 6) is 0.612. The van der Waals surface area contributed by atoms with E-state index in [9.17, 15) is 10.1 Å². The van der Waals surface area contributed by atoms with Crippen LogP contribution in [0.5, 0.6) is 11.5 Å². The van der Waals surface area contributed by atoms with Gasteiger partial charge in [0, 0.05) is 5.69 Å². The van der Waals surface area contributed by atoms with Gasteiger partial charge in [0.05, 0.1) is 7.11 Å². The third kappa shape index (κ3) is 5.23. The van der Waals surface area contributed by atoms with Gasteiger partial charge in [0.2, 0.25) is 0 Å². The monoisotopic (exact) mass is 362 g/mol. The first kappa shape index (κ1) is 19.8. The molecular formula is C22H22N2O3. The van der Waals surface area contributed by atoms with Crippen molar-refractivity contribution in [3.8, 4) is 17.6 Å². The number of methoxy groups -OCH3 is 1. The van der Waals surface area contributed by atoms with Crippen LogP contribution in [0.15, 0.2) is 54.6 Å². The van der Waals surface area contributed by atoms with E-state index in [1.807, 2.05) is 38.1 Å². The van der Waals surface area contributed by atoms with Crippen LogP contribution in [0.3, 0.4) is 0 Å². The van der Waals surface area contributed by atoms with Gasteiger partial charge in [0.1, 0.15) is 18.2 Å². The highest BCUT2D eigenvalue weighted by Gasteiger charge is 2.12. The van der Waals surface area contributed by atoms with Crippen molar-refractivity contribution in [2.75, 3.05) is 19.0 Å². The normalized spacial score (nSPS) is 10.7. The molecule has 0 atom stereocenters. The summed E-state index contributed by atoms with van der Waals surface area (Å²) in [4.78, 5) is 12.5. The highest BCUT2D eigenvalue weighted by atomic mass is 16.5. The van der Waals surface area contributed by atoms with Crippen molar-refractivity contribution in [2.45, 2.75) is 13.8 Å². The van der Waals surface area contributed by atoms with Gasteiger partial charge in [-0.3, -0.25) is 4.79 Å². The van der Waals surface area contributed by atoms with Crippen LogP contribution in [0.25, 0.3) is 6.08 Å². The molecule has 2 aromatic rings. The Morgan fingerprint density at radius 3 is 2.63 bits per heavy atom. The molecule has 0 spiro atoms. The van der Waals surface area contributed by atoms with Crippen molar-refractivity contribution < 1.29 is 14.3 Å². The number of anilines is 1. The molecule has 5 heteroatoms. The fraction of sp³-hybridized carbons (Fsp3) is 0.182. The molecule has 138 valence electrons. The number of aryl methyl sites for hydroxylation is 2. The van der Waals surface area contributed by atoms with E-state index in [0.29, 0.717) is 29.4 Å². The van der Waals surface area contributed by atoms with Gasteiger partial charge < -0.3 is 14.8 Å². The van der Waals surface area contributed by atoms with Crippen molar-refractivity contribution in [3.05, 3.63) is 71.3 Å². The van der Waals surface area contributed by atoms with Crippen molar-refractivity contribution in [1.29, 1.82) is 5.26 Å². The maximum absolute atomic E-state index is 12.5. The molecule has 1 amide bonds. The third-order valence-corrected chi connectivity index (χ3v) is 3.85. The fourth-order valence-electron chi connectivity index (χ4n) is 2.50. The van der Waals surface area contributed by atoms with E-state index in [0.717, 1.165) is 11.1 Å². The van der Waals surface area contributed by atoms with Crippen molar-refractivity contribution >= 4 is 17.7 Å². The summed E-state index contributed by atoms with van der Waals surface area (Å²) < 4.78 is 10.8. The second-order valence-corrected chi connectivity index (χ2v) is 5.95. The van der Waals surface area contributed by atoms with Crippen molar-refractivity contribution in [3.63, 3.8) is 0 Å². The number of hydrogen-bond donors (Lipinski definition) is 1. The molecule has 1 N–H and O–H groups in total. The molecule has 0 fully saturated rings. The zero-order chi connectivity index (χ0) is 19.8. The molecular weight excluding hydrogens is 340 g/mol. The number of amides is 1. The SMILES string of the molecule is C=CCOc1ccc(/C=C(/C#N)C(=O)Nc2ccc(C)cc2C)cc1OC. The second-order valence-electron chi connectivity index (χ2n) is 5.95. The maximum Gasteiger partial charge on any atom is 0.266 e. The fourth-order valence-corrected chi connectivity index (χ4v) is 2.50. The summed E-state index contributed by atoms with van der Waals surface area (Å²) in [5.41, 5.74) is 3.37. The number of carbonyl (C=O) groups is 1. The topological polar surface area (TPSA) is 71.3 Å². The summed E-state index contributed by atoms with van der Waals surface area (Å²) in [6, 6.07) is 12.8. The van der Waals surface area contributed by atoms with Gasteiger partial charge in [0.15, 0.2) is 11.5 Å². The number of nitrogens with zero attached hydrogens (tertiary/aromatic N) is 1. The van der Waals surface area contributed by atoms with E-state index in [1.165, 1.54) is 13.2 Å². The minimum absolute atomic E-state index is 0.00297. The molecule has 0 aliphatic carbocycles. The van der Waals surface area contributed by atoms with Gasteiger partial charge in [-0.1, -0.05) is 36.4 Å². The smallest absolute Gasteiger partial charge is 0.266 e. The molecule has 27 heavy (non-hydrogen) atoms. The van der Waals surface area contributed by atoms with Crippen LogP contribution in [0, 0.1) is 25.2 Å². The first-order chi connectivity index (χ1) is 13.0. The van der Waals surface area contributed by atoms with Gasteiger partial charge in [-0.25, -0.2) is 0 Å². The zero-order valence-corrected chi connectivity index (χ0v) is 15.7. The number of rotatable bonds is 7. The predicted octanol–water partition coefficient (Wildman–Crippen LogP) is 4.42. The van der Waals surface area contributed by atoms with Crippen LogP contribution in [0.1, 0.15) is 16.7 Å². The molecule has 0 bridgehead atoms. The van der Waals surface area contributed by atoms with Crippen LogP contribution >= 0.6 is 0 Å². The van der Waals surface area contributed by atoms with Gasteiger partial charge in [0.25, 0.3) is 5.91 Å². The van der Waals surface area contributed by atoms with Crippen LogP contribution in [0.4, 0.5) is 5.69 Å². The molecule has 5 nitrogen and oxygen atoms in total. The second kappa shape index (κ2) is 9.25. The average molecular weight is 362 g/mol. The third-order valence-electron chi connectivity index (χ3n) is 3.85. The molecule has 0 aliphatic heterocycles. The van der Waals surface area contributed by atoms with Crippen LogP contribution in [0.2, 0.25) is 0 Å². The summed E-state index contributed by atoms with van der Waals surface area (Å²) >= 11 is 0. The molecule has 0 aromatic heterocycles. The minimum Gasteiger partial charge on any atom is -0.493 e. The molecule has 0 heterocycles. The van der Waals surface area contributed by atoms with E-state index in [2.05, 4.69) is 11.9 Å². The lowest BCUT2D eigenvalue weighted by Crippen LogP contribution is -2.14. The van der Waals surface area contributed by atoms with Crippen molar-refractivity contribution in [2.24, 2.45) is 0 Å². The number of hydrogen-bond acceptors (Lipinski definition) is 4. The molecule has 0 unspecified atom stereocenters. The van der Waals surface area contributed by atoms with Crippen LogP contribution in [-0.4, -0.2) is 19.6 Å². The largest absolute Gasteiger partial charge is 0.493 e. The molecule has 0 saturated heterocycles. The number of nitriles is 1. The lowest BCUT2D eigenvalue weighted by atomic mass is 10.1. The standard InChI is InChI=1S/C22H22N2O3/c1-5-10-27-20-9-7-17(13-21(20)26-4)12-18(14-23)22(25)24-19-8-6-15(2)11-16(19)3/h5-9,11-13H,1,10H2,2-4H3,(H,24,25)/b18-12-. The summed E-state index contributed by atoms with van der Waals surface area (Å²) in [7, 11) is 1.53. The summed E-state index contributed by atoms with van der Waals surface area (Å²) in [5, 5.41) is 12.2. The van der Waals surface area contributed by atoms with Crippen LogP contribution in [-0.2, 0) is 4.79 Å². The Morgan fingerprint density at radius 1 is 1.22 bits per heavy atom. The Kier molecular flexibility index (Phi) is 6.79. The summed E-state index contributed by atoms with van der Waals surface area (Å²) in [6.07, 6.45) is 3.15. The first-order valence-corrected chi connectivity index (χ1v) is 8.40. The van der Waals surface area contributed by atoms with E-state index < -0.39 is 5.91 Å². The van der Waals surface area contributed by atoms with Crippen molar-refractivity contribution in [1.82, 2.24) is 0 Å². The van der Waals surface area contributed by atoms with Gasteiger partial charge >= 0.3 is 0 Å². The Bertz CT molecular complexity index is 924. The Labute approximate surface area is 159 Å². The predicted molar refractivity (Wildman–Crippen MR) is 107 cm³/mol. The quantitative estimate of drug-likeness (QED) is 0.449. The zero-order valence-electron chi connectivity index (χ0n) is 15.7. The highest BCUT2D eigenvalue weighted by Crippen LogP contribution is 2.29. The van der Waals surface area contributed by atoms with Gasteiger partial charge in [-0.15, -0.1) is 0 Å². The molecule has 0 saturated carbocycles. The van der Waals surface area contributed by atoms with E-state index >= 15 is 0 Å². The molecule has 0 radical (unpaired) electrons. The minimum atomic E-state index is -0.463. The van der Waals surface area contributed by atoms with Gasteiger partial charge in [-0.2, -0.15) is 5.26 Å². The van der Waals surface area contributed by atoms with Crippen LogP contribution < -0.4 is 14.8 Å². The summed E-state index contributed by atoms with van der Waals surface area (Å²) in [6.45, 7) is 7.85. The number of ether oxygens (including phenoxy) is 2. The average Bonchev–Trinajstić information content (AvgIpc) is 2.66. The molecule has 0 aliphatic rings. The van der Waals surface area contributed by atoms with E-state index in [1.54, 1.807) is 24.3 Å². The number of benzene rings is 2. The molecule has 2 aromatic carbocycles. The maximum atomic E-state index is 12.5. The Hall–Kier alpha value is -3.52. The lowest BCUT2D eigenvalue weighted by molar-refractivity contribution is -0.112. The lowest BCUT2D eigenvalue weighted by Gasteiger charge is -2.10. The highest BCUT2D eigenvalue weighted by molar-refractivity contribution is 6.10. The Morgan fingerprint density at radius 2 is 2.00 bits per heavy atom. The molecule has 2 rings (SSSR count). The van der Waals surface area contributed by atoms with Gasteiger partial charge in [-0.05, 0) is 49.2 Å². The van der Waals surface area contributed by atoms with E-state index in [4.69, 9.17) is 9.47 Å².